The first kappa shape index (κ1) is 15.9. The van der Waals surface area contributed by atoms with Gasteiger partial charge in [-0.05, 0) is 18.9 Å². The summed E-state index contributed by atoms with van der Waals surface area (Å²) in [5, 5.41) is 11.0. The maximum Gasteiger partial charge on any atom is 0.253 e. The lowest BCUT2D eigenvalue weighted by atomic mass is 9.96. The molecule has 1 aliphatic carbocycles. The third kappa shape index (κ3) is 3.43. The molecule has 0 aliphatic heterocycles. The maximum absolute atomic E-state index is 12.7. The number of hydrogen-bond donors (Lipinski definition) is 3. The summed E-state index contributed by atoms with van der Waals surface area (Å²) in [5.41, 5.74) is 3.36. The average molecular weight is 337 g/mol. The zero-order chi connectivity index (χ0) is 17.1. The van der Waals surface area contributed by atoms with Crippen molar-refractivity contribution in [3.63, 3.8) is 0 Å². The van der Waals surface area contributed by atoms with Crippen molar-refractivity contribution in [1.29, 1.82) is 0 Å². The summed E-state index contributed by atoms with van der Waals surface area (Å²) in [6.07, 6.45) is 15.6. The molecule has 3 heterocycles. The second kappa shape index (κ2) is 7.09. The Balaban J connectivity index is 1.56. The van der Waals surface area contributed by atoms with Crippen LogP contribution in [-0.2, 0) is 0 Å². The highest BCUT2D eigenvalue weighted by atomic mass is 16.1. The number of aromatic nitrogens is 4. The minimum absolute atomic E-state index is 0.0284. The second-order valence-corrected chi connectivity index (χ2v) is 6.82. The van der Waals surface area contributed by atoms with Crippen LogP contribution >= 0.6 is 0 Å². The highest BCUT2D eigenvalue weighted by Gasteiger charge is 2.17. The molecule has 0 unspecified atom stereocenters. The lowest BCUT2D eigenvalue weighted by molar-refractivity contribution is 0.0930. The van der Waals surface area contributed by atoms with Crippen LogP contribution in [0.3, 0.4) is 0 Å². The predicted molar refractivity (Wildman–Crippen MR) is 97.2 cm³/mol. The minimum atomic E-state index is -0.0284. The Morgan fingerprint density at radius 2 is 1.88 bits per heavy atom. The van der Waals surface area contributed by atoms with E-state index in [-0.39, 0.29) is 11.9 Å². The molecule has 0 radical (unpaired) electrons. The molecule has 1 saturated carbocycles. The van der Waals surface area contributed by atoms with Gasteiger partial charge in [-0.25, -0.2) is 4.98 Å². The maximum atomic E-state index is 12.7. The molecule has 1 amide bonds. The Morgan fingerprint density at radius 3 is 2.64 bits per heavy atom. The molecule has 3 aromatic heterocycles. The van der Waals surface area contributed by atoms with E-state index in [1.165, 1.54) is 32.1 Å². The first-order valence-corrected chi connectivity index (χ1v) is 9.08. The smallest absolute Gasteiger partial charge is 0.253 e. The summed E-state index contributed by atoms with van der Waals surface area (Å²) in [7, 11) is 0. The second-order valence-electron chi connectivity index (χ2n) is 6.82. The Bertz CT molecular complexity index is 844. The van der Waals surface area contributed by atoms with E-state index in [0.29, 0.717) is 5.56 Å². The van der Waals surface area contributed by atoms with Crippen LogP contribution < -0.4 is 5.32 Å². The summed E-state index contributed by atoms with van der Waals surface area (Å²) >= 11 is 0. The van der Waals surface area contributed by atoms with Crippen LogP contribution in [-0.4, -0.2) is 32.1 Å². The van der Waals surface area contributed by atoms with Crippen LogP contribution in [0.25, 0.3) is 22.2 Å². The monoisotopic (exact) mass is 337 g/mol. The number of H-pyrrole nitrogens is 2. The van der Waals surface area contributed by atoms with E-state index >= 15 is 0 Å². The van der Waals surface area contributed by atoms with E-state index in [0.717, 1.165) is 35.0 Å². The Morgan fingerprint density at radius 1 is 1.08 bits per heavy atom. The van der Waals surface area contributed by atoms with Gasteiger partial charge in [-0.1, -0.05) is 32.1 Å². The van der Waals surface area contributed by atoms with Gasteiger partial charge >= 0.3 is 0 Å². The summed E-state index contributed by atoms with van der Waals surface area (Å²) in [5.74, 6) is -0.0284. The van der Waals surface area contributed by atoms with Crippen molar-refractivity contribution in [3.8, 4) is 11.1 Å². The average Bonchev–Trinajstić information content (AvgIpc) is 3.25. The molecule has 6 nitrogen and oxygen atoms in total. The predicted octanol–water partition coefficient (Wildman–Crippen LogP) is 3.80. The highest BCUT2D eigenvalue weighted by Crippen LogP contribution is 2.27. The van der Waals surface area contributed by atoms with E-state index in [1.54, 1.807) is 12.4 Å². The topological polar surface area (TPSA) is 86.5 Å². The molecule has 25 heavy (non-hydrogen) atoms. The molecule has 0 atom stereocenters. The fraction of sp³-hybridized carbons (Fsp3) is 0.421. The van der Waals surface area contributed by atoms with Crippen LogP contribution in [0.2, 0.25) is 0 Å². The van der Waals surface area contributed by atoms with Gasteiger partial charge in [0.1, 0.15) is 5.65 Å². The number of carbonyl (C=O) groups is 1. The number of carbonyl (C=O) groups excluding carboxylic acids is 1. The molecule has 3 aromatic rings. The van der Waals surface area contributed by atoms with Crippen molar-refractivity contribution >= 4 is 16.9 Å². The number of nitrogens with one attached hydrogen (secondary N) is 3. The number of hydrogen-bond acceptors (Lipinski definition) is 3. The lowest BCUT2D eigenvalue weighted by Crippen LogP contribution is -2.35. The van der Waals surface area contributed by atoms with Gasteiger partial charge in [-0.15, -0.1) is 0 Å². The fourth-order valence-electron chi connectivity index (χ4n) is 3.63. The molecule has 1 fully saturated rings. The molecular weight excluding hydrogens is 314 g/mol. The van der Waals surface area contributed by atoms with Crippen molar-refractivity contribution in [2.45, 2.75) is 51.0 Å². The zero-order valence-corrected chi connectivity index (χ0v) is 14.2. The Kier molecular flexibility index (Phi) is 4.50. The van der Waals surface area contributed by atoms with Crippen molar-refractivity contribution in [1.82, 2.24) is 25.5 Å². The highest BCUT2D eigenvalue weighted by molar-refractivity contribution is 6.01. The van der Waals surface area contributed by atoms with Crippen molar-refractivity contribution < 1.29 is 4.79 Å². The van der Waals surface area contributed by atoms with E-state index < -0.39 is 0 Å². The Labute approximate surface area is 146 Å². The normalized spacial score (nSPS) is 16.5. The zero-order valence-electron chi connectivity index (χ0n) is 14.2. The molecule has 3 N–H and O–H groups in total. The van der Waals surface area contributed by atoms with Gasteiger partial charge in [0.15, 0.2) is 0 Å². The van der Waals surface area contributed by atoms with Gasteiger partial charge in [0, 0.05) is 41.1 Å². The molecule has 0 bridgehead atoms. The van der Waals surface area contributed by atoms with Crippen molar-refractivity contribution in [2.75, 3.05) is 0 Å². The molecule has 0 saturated heterocycles. The van der Waals surface area contributed by atoms with Gasteiger partial charge in [0.25, 0.3) is 5.91 Å². The van der Waals surface area contributed by atoms with Gasteiger partial charge in [0.2, 0.25) is 0 Å². The van der Waals surface area contributed by atoms with Crippen molar-refractivity contribution in [3.05, 3.63) is 36.4 Å². The standard InChI is InChI=1S/C19H23N5O/c25-19(24-15-6-4-2-1-3-5-7-15)13-8-16-17(14-10-22-23-11-14)12-21-18(16)20-9-13/h8-12,15H,1-7H2,(H,20,21)(H,22,23)(H,24,25). The molecule has 0 aromatic carbocycles. The van der Waals surface area contributed by atoms with E-state index in [9.17, 15) is 4.79 Å². The number of aromatic amines is 2. The summed E-state index contributed by atoms with van der Waals surface area (Å²) in [6, 6.07) is 2.20. The van der Waals surface area contributed by atoms with Crippen LogP contribution in [0.1, 0.15) is 55.3 Å². The van der Waals surface area contributed by atoms with Crippen LogP contribution in [0.15, 0.2) is 30.9 Å². The molecule has 0 spiro atoms. The number of rotatable bonds is 3. The first-order valence-electron chi connectivity index (χ1n) is 9.08. The summed E-state index contributed by atoms with van der Waals surface area (Å²) < 4.78 is 0. The van der Waals surface area contributed by atoms with Crippen LogP contribution in [0, 0.1) is 0 Å². The van der Waals surface area contributed by atoms with E-state index in [1.807, 2.05) is 18.5 Å². The molecule has 130 valence electrons. The van der Waals surface area contributed by atoms with E-state index in [4.69, 9.17) is 0 Å². The molecule has 6 heteroatoms. The van der Waals surface area contributed by atoms with Gasteiger partial charge in [0.05, 0.1) is 11.8 Å². The summed E-state index contributed by atoms with van der Waals surface area (Å²) in [6.45, 7) is 0. The summed E-state index contributed by atoms with van der Waals surface area (Å²) in [4.78, 5) is 20.3. The van der Waals surface area contributed by atoms with Gasteiger partial charge in [-0.2, -0.15) is 5.10 Å². The lowest BCUT2D eigenvalue weighted by Gasteiger charge is -2.21. The van der Waals surface area contributed by atoms with Crippen molar-refractivity contribution in [2.24, 2.45) is 0 Å². The SMILES string of the molecule is O=C(NC1CCCCCCC1)c1cnc2[nH]cc(-c3cn[nH]c3)c2c1. The quantitative estimate of drug-likeness (QED) is 0.679. The van der Waals surface area contributed by atoms with E-state index in [2.05, 4.69) is 25.5 Å². The number of amides is 1. The molecular formula is C19H23N5O. The third-order valence-electron chi connectivity index (χ3n) is 5.04. The van der Waals surface area contributed by atoms with Crippen LogP contribution in [0.5, 0.6) is 0 Å². The number of nitrogens with zero attached hydrogens (tertiary/aromatic N) is 2. The van der Waals surface area contributed by atoms with Gasteiger partial charge < -0.3 is 10.3 Å². The van der Waals surface area contributed by atoms with Gasteiger partial charge in [-0.3, -0.25) is 9.89 Å². The number of fused-ring (bicyclic) bond motifs is 1. The fourth-order valence-corrected chi connectivity index (χ4v) is 3.63. The minimum Gasteiger partial charge on any atom is -0.349 e. The Hall–Kier alpha value is -2.63. The number of pyridine rings is 1. The third-order valence-corrected chi connectivity index (χ3v) is 5.04. The first-order chi connectivity index (χ1) is 12.3. The molecule has 1 aliphatic rings. The van der Waals surface area contributed by atoms with Crippen LogP contribution in [0.4, 0.5) is 0 Å². The largest absolute Gasteiger partial charge is 0.349 e. The molecule has 4 rings (SSSR count).